The molecule has 96 valence electrons. The van der Waals surface area contributed by atoms with Crippen LogP contribution in [0.4, 0.5) is 4.39 Å². The SMILES string of the molecule is OC(Cc1cccc(Cl)c1F)c1cc(Cl)sc1Cl. The first-order chi connectivity index (χ1) is 8.49. The highest BCUT2D eigenvalue weighted by Gasteiger charge is 2.18. The Balaban J connectivity index is 2.24. The number of rotatable bonds is 3. The quantitative estimate of drug-likeness (QED) is 0.830. The van der Waals surface area contributed by atoms with E-state index in [1.807, 2.05) is 0 Å². The number of hydrogen-bond acceptors (Lipinski definition) is 2. The highest BCUT2D eigenvalue weighted by molar-refractivity contribution is 7.20. The molecule has 1 nitrogen and oxygen atoms in total. The number of aliphatic hydroxyl groups excluding tert-OH is 1. The van der Waals surface area contributed by atoms with Crippen LogP contribution in [0.15, 0.2) is 24.3 Å². The Morgan fingerprint density at radius 1 is 1.28 bits per heavy atom. The van der Waals surface area contributed by atoms with Crippen molar-refractivity contribution in [1.29, 1.82) is 0 Å². The number of benzene rings is 1. The van der Waals surface area contributed by atoms with E-state index >= 15 is 0 Å². The lowest BCUT2D eigenvalue weighted by atomic mass is 10.0. The van der Waals surface area contributed by atoms with Crippen LogP contribution in [0.3, 0.4) is 0 Å². The number of aliphatic hydroxyl groups is 1. The van der Waals surface area contributed by atoms with Crippen LogP contribution >= 0.6 is 46.1 Å². The molecule has 0 aliphatic rings. The Kier molecular flexibility index (Phi) is 4.51. The third-order valence-corrected chi connectivity index (χ3v) is 4.30. The molecule has 2 aromatic rings. The minimum absolute atomic E-state index is 0.0362. The van der Waals surface area contributed by atoms with Gasteiger partial charge in [-0.2, -0.15) is 0 Å². The molecular weight excluding hydrogens is 318 g/mol. The molecule has 0 radical (unpaired) electrons. The van der Waals surface area contributed by atoms with Crippen molar-refractivity contribution in [1.82, 2.24) is 0 Å². The van der Waals surface area contributed by atoms with Gasteiger partial charge in [-0.15, -0.1) is 11.3 Å². The molecule has 0 fully saturated rings. The van der Waals surface area contributed by atoms with Crippen LogP contribution in [0.5, 0.6) is 0 Å². The monoisotopic (exact) mass is 324 g/mol. The Morgan fingerprint density at radius 3 is 2.61 bits per heavy atom. The number of thiophene rings is 1. The van der Waals surface area contributed by atoms with E-state index in [2.05, 4.69) is 0 Å². The minimum Gasteiger partial charge on any atom is -0.388 e. The van der Waals surface area contributed by atoms with Gasteiger partial charge in [0.05, 0.1) is 15.5 Å². The molecule has 18 heavy (non-hydrogen) atoms. The summed E-state index contributed by atoms with van der Waals surface area (Å²) in [6, 6.07) is 6.25. The average molecular weight is 326 g/mol. The molecule has 0 bridgehead atoms. The molecule has 0 amide bonds. The Labute approximate surface area is 123 Å². The molecule has 1 unspecified atom stereocenters. The molecule has 0 saturated carbocycles. The summed E-state index contributed by atoms with van der Waals surface area (Å²) < 4.78 is 14.6. The summed E-state index contributed by atoms with van der Waals surface area (Å²) in [6.45, 7) is 0. The Morgan fingerprint density at radius 2 is 2.00 bits per heavy atom. The standard InChI is InChI=1S/C12H8Cl3FOS/c13-8-3-1-2-6(11(8)16)4-9(17)7-5-10(14)18-12(7)15/h1-3,5,9,17H,4H2. The fraction of sp³-hybridized carbons (Fsp3) is 0.167. The highest BCUT2D eigenvalue weighted by Crippen LogP contribution is 2.36. The van der Waals surface area contributed by atoms with E-state index in [1.165, 1.54) is 17.4 Å². The highest BCUT2D eigenvalue weighted by atomic mass is 35.5. The zero-order chi connectivity index (χ0) is 13.3. The van der Waals surface area contributed by atoms with E-state index in [4.69, 9.17) is 34.8 Å². The van der Waals surface area contributed by atoms with Crippen molar-refractivity contribution in [2.24, 2.45) is 0 Å². The second-order valence-corrected chi connectivity index (χ2v) is 6.41. The molecule has 2 rings (SSSR count). The van der Waals surface area contributed by atoms with Crippen LogP contribution < -0.4 is 0 Å². The molecular formula is C12H8Cl3FOS. The van der Waals surface area contributed by atoms with E-state index in [9.17, 15) is 9.50 Å². The van der Waals surface area contributed by atoms with Crippen molar-refractivity contribution in [3.63, 3.8) is 0 Å². The van der Waals surface area contributed by atoms with Crippen LogP contribution in [0, 0.1) is 5.82 Å². The molecule has 0 aliphatic heterocycles. The molecule has 1 N–H and O–H groups in total. The summed E-state index contributed by atoms with van der Waals surface area (Å²) in [5.74, 6) is -0.518. The molecule has 0 spiro atoms. The lowest BCUT2D eigenvalue weighted by Gasteiger charge is -2.11. The molecule has 1 atom stereocenters. The van der Waals surface area contributed by atoms with Crippen molar-refractivity contribution in [3.05, 3.63) is 54.9 Å². The van der Waals surface area contributed by atoms with Gasteiger partial charge in [0.1, 0.15) is 10.2 Å². The van der Waals surface area contributed by atoms with Crippen LogP contribution in [0.2, 0.25) is 13.7 Å². The maximum atomic E-state index is 13.7. The largest absolute Gasteiger partial charge is 0.388 e. The van der Waals surface area contributed by atoms with E-state index in [1.54, 1.807) is 18.2 Å². The normalized spacial score (nSPS) is 12.7. The van der Waals surface area contributed by atoms with Gasteiger partial charge >= 0.3 is 0 Å². The lowest BCUT2D eigenvalue weighted by molar-refractivity contribution is 0.177. The van der Waals surface area contributed by atoms with Gasteiger partial charge in [-0.3, -0.25) is 0 Å². The van der Waals surface area contributed by atoms with E-state index in [0.29, 0.717) is 19.8 Å². The minimum atomic E-state index is -0.908. The predicted octanol–water partition coefficient (Wildman–Crippen LogP) is 5.12. The summed E-state index contributed by atoms with van der Waals surface area (Å²) in [6.07, 6.45) is -0.812. The van der Waals surface area contributed by atoms with E-state index < -0.39 is 11.9 Å². The van der Waals surface area contributed by atoms with Crippen molar-refractivity contribution < 1.29 is 9.50 Å². The molecule has 0 aliphatic carbocycles. The number of hydrogen-bond donors (Lipinski definition) is 1. The van der Waals surface area contributed by atoms with Gasteiger partial charge in [-0.1, -0.05) is 46.9 Å². The van der Waals surface area contributed by atoms with Crippen LogP contribution in [-0.4, -0.2) is 5.11 Å². The van der Waals surface area contributed by atoms with Gasteiger partial charge < -0.3 is 5.11 Å². The van der Waals surface area contributed by atoms with Crippen molar-refractivity contribution >= 4 is 46.1 Å². The third kappa shape index (κ3) is 2.98. The first-order valence-electron chi connectivity index (χ1n) is 5.04. The summed E-state index contributed by atoms with van der Waals surface area (Å²) in [5.41, 5.74) is 0.847. The second-order valence-electron chi connectivity index (χ2n) is 3.71. The molecule has 1 aromatic carbocycles. The third-order valence-electron chi connectivity index (χ3n) is 2.49. The van der Waals surface area contributed by atoms with Gasteiger partial charge in [-0.05, 0) is 17.7 Å². The lowest BCUT2D eigenvalue weighted by Crippen LogP contribution is -2.03. The van der Waals surface area contributed by atoms with Crippen LogP contribution in [0.25, 0.3) is 0 Å². The Bertz CT molecular complexity index is 570. The fourth-order valence-electron chi connectivity index (χ4n) is 1.60. The van der Waals surface area contributed by atoms with Gasteiger partial charge in [0, 0.05) is 12.0 Å². The first-order valence-corrected chi connectivity index (χ1v) is 6.99. The fourth-order valence-corrected chi connectivity index (χ4v) is 3.37. The average Bonchev–Trinajstić information content (AvgIpc) is 2.64. The van der Waals surface area contributed by atoms with Gasteiger partial charge in [-0.25, -0.2) is 4.39 Å². The Hall–Kier alpha value is -0.320. The van der Waals surface area contributed by atoms with E-state index in [-0.39, 0.29) is 11.4 Å². The topological polar surface area (TPSA) is 20.2 Å². The molecule has 0 saturated heterocycles. The van der Waals surface area contributed by atoms with E-state index in [0.717, 1.165) is 0 Å². The van der Waals surface area contributed by atoms with Crippen LogP contribution in [0.1, 0.15) is 17.2 Å². The molecule has 1 aromatic heterocycles. The van der Waals surface area contributed by atoms with Crippen molar-refractivity contribution in [3.8, 4) is 0 Å². The second kappa shape index (κ2) is 5.76. The van der Waals surface area contributed by atoms with Gasteiger partial charge in [0.2, 0.25) is 0 Å². The molecule has 6 heteroatoms. The molecule has 1 heterocycles. The maximum Gasteiger partial charge on any atom is 0.145 e. The zero-order valence-corrected chi connectivity index (χ0v) is 12.0. The van der Waals surface area contributed by atoms with Crippen molar-refractivity contribution in [2.45, 2.75) is 12.5 Å². The number of halogens is 4. The van der Waals surface area contributed by atoms with Gasteiger partial charge in [0.25, 0.3) is 0 Å². The van der Waals surface area contributed by atoms with Crippen molar-refractivity contribution in [2.75, 3.05) is 0 Å². The smallest absolute Gasteiger partial charge is 0.145 e. The summed E-state index contributed by atoms with van der Waals surface area (Å²) in [7, 11) is 0. The van der Waals surface area contributed by atoms with Crippen LogP contribution in [-0.2, 0) is 6.42 Å². The zero-order valence-electron chi connectivity index (χ0n) is 8.96. The summed E-state index contributed by atoms with van der Waals surface area (Å²) in [4.78, 5) is 0. The summed E-state index contributed by atoms with van der Waals surface area (Å²) in [5, 5.41) is 10.1. The first kappa shape index (κ1) is 14.1. The maximum absolute atomic E-state index is 13.7. The summed E-state index contributed by atoms with van der Waals surface area (Å²) >= 11 is 18.6. The predicted molar refractivity (Wildman–Crippen MR) is 74.4 cm³/mol. The van der Waals surface area contributed by atoms with Gasteiger partial charge in [0.15, 0.2) is 0 Å².